The van der Waals surface area contributed by atoms with E-state index in [0.717, 1.165) is 50.6 Å². The molecule has 112 valence electrons. The number of aryl methyl sites for hydroxylation is 1. The highest BCUT2D eigenvalue weighted by molar-refractivity contribution is 7.71. The summed E-state index contributed by atoms with van der Waals surface area (Å²) >= 11 is 5.23. The number of H-pyrrole nitrogens is 1. The minimum atomic E-state index is 0.0550. The van der Waals surface area contributed by atoms with Crippen molar-refractivity contribution in [2.45, 2.75) is 31.9 Å². The normalized spacial score (nSPS) is 18.0. The molecule has 0 radical (unpaired) electrons. The van der Waals surface area contributed by atoms with Crippen LogP contribution in [0.1, 0.15) is 31.2 Å². The van der Waals surface area contributed by atoms with E-state index in [2.05, 4.69) is 24.8 Å². The highest BCUT2D eigenvalue weighted by Crippen LogP contribution is 2.26. The Hall–Kier alpha value is -1.73. The first-order valence-corrected chi connectivity index (χ1v) is 7.64. The van der Waals surface area contributed by atoms with Gasteiger partial charge in [-0.3, -0.25) is 0 Å². The predicted octanol–water partition coefficient (Wildman–Crippen LogP) is 2.69. The van der Waals surface area contributed by atoms with Crippen LogP contribution < -0.4 is 5.32 Å². The van der Waals surface area contributed by atoms with Gasteiger partial charge in [0.25, 0.3) is 0 Å². The molecule has 1 fully saturated rings. The van der Waals surface area contributed by atoms with Crippen LogP contribution in [0.4, 0.5) is 5.82 Å². The van der Waals surface area contributed by atoms with Crippen LogP contribution in [-0.4, -0.2) is 32.7 Å². The van der Waals surface area contributed by atoms with E-state index < -0.39 is 0 Å². The summed E-state index contributed by atoms with van der Waals surface area (Å²) in [6, 6.07) is 1.85. The minimum absolute atomic E-state index is 0.0550. The third-order valence-corrected chi connectivity index (χ3v) is 3.67. The van der Waals surface area contributed by atoms with Crippen LogP contribution in [0.5, 0.6) is 0 Å². The van der Waals surface area contributed by atoms with Crippen molar-refractivity contribution in [1.82, 2.24) is 19.5 Å². The zero-order valence-corrected chi connectivity index (χ0v) is 12.6. The first kappa shape index (κ1) is 14.2. The van der Waals surface area contributed by atoms with Crippen molar-refractivity contribution in [3.63, 3.8) is 0 Å². The molecule has 2 aromatic heterocycles. The molecule has 3 rings (SSSR count). The maximum absolute atomic E-state index is 5.65. The molecule has 1 atom stereocenters. The molecular formula is C14H19N5OS. The number of ether oxygens (including phenoxy) is 1. The molecule has 0 saturated carbocycles. The lowest BCUT2D eigenvalue weighted by Gasteiger charge is -2.12. The molecule has 0 aliphatic carbocycles. The van der Waals surface area contributed by atoms with Crippen molar-refractivity contribution in [3.8, 4) is 0 Å². The van der Waals surface area contributed by atoms with Gasteiger partial charge in [0.1, 0.15) is 22.4 Å². The molecule has 0 aromatic carbocycles. The van der Waals surface area contributed by atoms with Crippen molar-refractivity contribution >= 4 is 18.0 Å². The Balaban J connectivity index is 1.56. The Morgan fingerprint density at radius 1 is 1.52 bits per heavy atom. The van der Waals surface area contributed by atoms with E-state index >= 15 is 0 Å². The number of aromatic nitrogens is 4. The van der Waals surface area contributed by atoms with Crippen LogP contribution in [0.25, 0.3) is 0 Å². The Labute approximate surface area is 128 Å². The lowest BCUT2D eigenvalue weighted by atomic mass is 10.2. The van der Waals surface area contributed by atoms with Gasteiger partial charge in [0, 0.05) is 38.2 Å². The molecule has 1 saturated heterocycles. The Morgan fingerprint density at radius 3 is 3.24 bits per heavy atom. The highest BCUT2D eigenvalue weighted by atomic mass is 32.1. The zero-order chi connectivity index (χ0) is 14.5. The smallest absolute Gasteiger partial charge is 0.138 e. The predicted molar refractivity (Wildman–Crippen MR) is 82.7 cm³/mol. The summed E-state index contributed by atoms with van der Waals surface area (Å²) in [5.41, 5.74) is 0. The average Bonchev–Trinajstić information content (AvgIpc) is 3.16. The van der Waals surface area contributed by atoms with E-state index in [0.29, 0.717) is 4.64 Å². The van der Waals surface area contributed by atoms with E-state index in [9.17, 15) is 0 Å². The maximum Gasteiger partial charge on any atom is 0.138 e. The lowest BCUT2D eigenvalue weighted by molar-refractivity contribution is 0.105. The second-order valence-electron chi connectivity index (χ2n) is 5.10. The molecule has 1 unspecified atom stereocenters. The van der Waals surface area contributed by atoms with Crippen LogP contribution in [0.15, 0.2) is 24.8 Å². The topological polar surface area (TPSA) is 67.8 Å². The largest absolute Gasteiger partial charge is 0.371 e. The standard InChI is InChI=1S/C14H19N5OS/c21-13-9-12(16-4-2-6-19-7-5-15-10-19)17-14(18-13)11-3-1-8-20-11/h5,7,9-11H,1-4,6,8H2,(H2,16,17,18,21). The summed E-state index contributed by atoms with van der Waals surface area (Å²) < 4.78 is 8.30. The molecule has 2 N–H and O–H groups in total. The summed E-state index contributed by atoms with van der Waals surface area (Å²) in [6.45, 7) is 2.60. The van der Waals surface area contributed by atoms with E-state index in [1.807, 2.05) is 18.6 Å². The van der Waals surface area contributed by atoms with Gasteiger partial charge in [-0.05, 0) is 19.3 Å². The molecule has 1 aliphatic rings. The van der Waals surface area contributed by atoms with Crippen molar-refractivity contribution in [1.29, 1.82) is 0 Å². The number of rotatable bonds is 6. The van der Waals surface area contributed by atoms with Crippen molar-refractivity contribution in [2.75, 3.05) is 18.5 Å². The van der Waals surface area contributed by atoms with E-state index in [1.165, 1.54) is 0 Å². The minimum Gasteiger partial charge on any atom is -0.371 e. The molecule has 7 heteroatoms. The van der Waals surface area contributed by atoms with Gasteiger partial charge in [0.05, 0.1) is 6.33 Å². The van der Waals surface area contributed by atoms with Crippen LogP contribution in [0.3, 0.4) is 0 Å². The maximum atomic E-state index is 5.65. The van der Waals surface area contributed by atoms with Gasteiger partial charge in [0.2, 0.25) is 0 Å². The van der Waals surface area contributed by atoms with Crippen LogP contribution in [-0.2, 0) is 11.3 Å². The zero-order valence-electron chi connectivity index (χ0n) is 11.8. The summed E-state index contributed by atoms with van der Waals surface area (Å²) in [5, 5.41) is 3.36. The molecule has 6 nitrogen and oxygen atoms in total. The molecule has 0 amide bonds. The monoisotopic (exact) mass is 305 g/mol. The molecule has 0 spiro atoms. The van der Waals surface area contributed by atoms with Crippen molar-refractivity contribution in [3.05, 3.63) is 35.3 Å². The Bertz CT molecular complexity index is 619. The number of nitrogens with zero attached hydrogens (tertiary/aromatic N) is 3. The first-order valence-electron chi connectivity index (χ1n) is 7.24. The summed E-state index contributed by atoms with van der Waals surface area (Å²) in [6.07, 6.45) is 8.73. The number of hydrogen-bond acceptors (Lipinski definition) is 5. The van der Waals surface area contributed by atoms with Crippen LogP contribution in [0, 0.1) is 4.64 Å². The molecule has 2 aromatic rings. The quantitative estimate of drug-likeness (QED) is 0.634. The molecule has 1 aliphatic heterocycles. The second-order valence-corrected chi connectivity index (χ2v) is 5.52. The molecule has 3 heterocycles. The van der Waals surface area contributed by atoms with Gasteiger partial charge in [-0.1, -0.05) is 12.2 Å². The average molecular weight is 305 g/mol. The Kier molecular flexibility index (Phi) is 4.62. The number of anilines is 1. The summed E-state index contributed by atoms with van der Waals surface area (Å²) in [5.74, 6) is 1.74. The van der Waals surface area contributed by atoms with E-state index in [4.69, 9.17) is 17.0 Å². The van der Waals surface area contributed by atoms with Gasteiger partial charge in [-0.2, -0.15) is 0 Å². The van der Waals surface area contributed by atoms with E-state index in [-0.39, 0.29) is 6.10 Å². The highest BCUT2D eigenvalue weighted by Gasteiger charge is 2.20. The van der Waals surface area contributed by atoms with Gasteiger partial charge in [0.15, 0.2) is 0 Å². The van der Waals surface area contributed by atoms with Crippen LogP contribution in [0.2, 0.25) is 0 Å². The van der Waals surface area contributed by atoms with Crippen molar-refractivity contribution in [2.24, 2.45) is 0 Å². The number of hydrogen-bond donors (Lipinski definition) is 2. The molecular weight excluding hydrogens is 286 g/mol. The van der Waals surface area contributed by atoms with Gasteiger partial charge >= 0.3 is 0 Å². The third kappa shape index (κ3) is 3.89. The van der Waals surface area contributed by atoms with E-state index in [1.54, 1.807) is 6.20 Å². The van der Waals surface area contributed by atoms with Crippen LogP contribution >= 0.6 is 12.2 Å². The second kappa shape index (κ2) is 6.82. The Morgan fingerprint density at radius 2 is 2.48 bits per heavy atom. The summed E-state index contributed by atoms with van der Waals surface area (Å²) in [4.78, 5) is 11.7. The number of nitrogens with one attached hydrogen (secondary N) is 2. The lowest BCUT2D eigenvalue weighted by Crippen LogP contribution is -2.10. The third-order valence-electron chi connectivity index (χ3n) is 3.46. The van der Waals surface area contributed by atoms with Gasteiger partial charge in [-0.25, -0.2) is 9.97 Å². The fraction of sp³-hybridized carbons (Fsp3) is 0.500. The SMILES string of the molecule is S=c1cc(NCCCn2ccnc2)[nH]c(C2CCCO2)n1. The number of imidazole rings is 1. The summed E-state index contributed by atoms with van der Waals surface area (Å²) in [7, 11) is 0. The molecule has 0 bridgehead atoms. The number of aromatic amines is 1. The fourth-order valence-electron chi connectivity index (χ4n) is 2.42. The van der Waals surface area contributed by atoms with Crippen molar-refractivity contribution < 1.29 is 4.74 Å². The van der Waals surface area contributed by atoms with Gasteiger partial charge in [-0.15, -0.1) is 0 Å². The fourth-order valence-corrected chi connectivity index (χ4v) is 2.64. The molecule has 21 heavy (non-hydrogen) atoms. The van der Waals surface area contributed by atoms with Gasteiger partial charge < -0.3 is 19.6 Å². The first-order chi connectivity index (χ1) is 10.3.